The number of nitrogens with one attached hydrogen (secondary N) is 2. The van der Waals surface area contributed by atoms with Crippen LogP contribution in [-0.2, 0) is 16.0 Å². The van der Waals surface area contributed by atoms with E-state index in [4.69, 9.17) is 9.84 Å². The molecule has 2 aromatic rings. The van der Waals surface area contributed by atoms with Gasteiger partial charge in [-0.15, -0.1) is 0 Å². The number of nitrogens with zero attached hydrogens (tertiary/aromatic N) is 3. The molecule has 0 saturated carbocycles. The minimum Gasteiger partial charge on any atom is -0.495 e. The third-order valence-corrected chi connectivity index (χ3v) is 7.09. The van der Waals surface area contributed by atoms with E-state index in [0.29, 0.717) is 56.9 Å². The summed E-state index contributed by atoms with van der Waals surface area (Å²) in [4.78, 5) is 54.2. The molecule has 1 heterocycles. The lowest BCUT2D eigenvalue weighted by atomic mass is 10.1. The number of carbonyl (C=O) groups excluding carboxylic acids is 3. The van der Waals surface area contributed by atoms with E-state index < -0.39 is 12.0 Å². The fourth-order valence-electron chi connectivity index (χ4n) is 4.55. The van der Waals surface area contributed by atoms with E-state index in [1.807, 2.05) is 43.3 Å². The SMILES string of the molecule is COc1cc(CCC(=O)N2CCCN(C(=O)N(C)C(C)CC(=O)O)CC2)ccc1NC(=O)Nc1ccccc1C. The average molecular weight is 554 g/mol. The van der Waals surface area contributed by atoms with Crippen molar-refractivity contribution in [1.29, 1.82) is 0 Å². The van der Waals surface area contributed by atoms with Gasteiger partial charge in [0.1, 0.15) is 5.75 Å². The van der Waals surface area contributed by atoms with Crippen molar-refractivity contribution in [3.8, 4) is 5.75 Å². The smallest absolute Gasteiger partial charge is 0.323 e. The Morgan fingerprint density at radius 3 is 2.38 bits per heavy atom. The van der Waals surface area contributed by atoms with Gasteiger partial charge in [0.05, 0.1) is 19.2 Å². The molecule has 2 aromatic carbocycles. The number of aryl methyl sites for hydroxylation is 2. The number of urea groups is 2. The van der Waals surface area contributed by atoms with Gasteiger partial charge in [-0.3, -0.25) is 9.59 Å². The Morgan fingerprint density at radius 1 is 1.00 bits per heavy atom. The highest BCUT2D eigenvalue weighted by molar-refractivity contribution is 6.01. The van der Waals surface area contributed by atoms with Crippen molar-refractivity contribution in [2.24, 2.45) is 0 Å². The minimum absolute atomic E-state index is 0.000626. The van der Waals surface area contributed by atoms with Gasteiger partial charge in [-0.1, -0.05) is 24.3 Å². The number of ether oxygens (including phenoxy) is 1. The third-order valence-electron chi connectivity index (χ3n) is 7.09. The Hall–Kier alpha value is -4.28. The van der Waals surface area contributed by atoms with Gasteiger partial charge < -0.3 is 35.2 Å². The molecule has 1 fully saturated rings. The Balaban J connectivity index is 1.52. The topological polar surface area (TPSA) is 132 Å². The maximum absolute atomic E-state index is 13.0. The van der Waals surface area contributed by atoms with Gasteiger partial charge in [0.25, 0.3) is 0 Å². The monoisotopic (exact) mass is 553 g/mol. The molecule has 11 heteroatoms. The summed E-state index contributed by atoms with van der Waals surface area (Å²) < 4.78 is 5.48. The van der Waals surface area contributed by atoms with Gasteiger partial charge in [-0.2, -0.15) is 0 Å². The van der Waals surface area contributed by atoms with Gasteiger partial charge >= 0.3 is 18.0 Å². The van der Waals surface area contributed by atoms with Crippen LogP contribution in [0.3, 0.4) is 0 Å². The second kappa shape index (κ2) is 14.2. The molecule has 1 atom stereocenters. The van der Waals surface area contributed by atoms with Crippen LogP contribution in [0.15, 0.2) is 42.5 Å². The zero-order valence-electron chi connectivity index (χ0n) is 23.6. The van der Waals surface area contributed by atoms with Crippen LogP contribution < -0.4 is 15.4 Å². The van der Waals surface area contributed by atoms with Gasteiger partial charge in [-0.25, -0.2) is 9.59 Å². The van der Waals surface area contributed by atoms with Crippen LogP contribution in [0.5, 0.6) is 5.75 Å². The molecule has 1 unspecified atom stereocenters. The number of hydrogen-bond donors (Lipinski definition) is 3. The van der Waals surface area contributed by atoms with E-state index in [2.05, 4.69) is 10.6 Å². The molecule has 1 aliphatic heterocycles. The van der Waals surface area contributed by atoms with Crippen LogP contribution in [0.4, 0.5) is 21.0 Å². The van der Waals surface area contributed by atoms with Crippen LogP contribution >= 0.6 is 0 Å². The second-order valence-electron chi connectivity index (χ2n) is 9.99. The third kappa shape index (κ3) is 8.36. The molecule has 3 N–H and O–H groups in total. The molecule has 5 amide bonds. The van der Waals surface area contributed by atoms with Crippen molar-refractivity contribution in [2.45, 2.75) is 45.6 Å². The zero-order chi connectivity index (χ0) is 29.2. The van der Waals surface area contributed by atoms with Crippen molar-refractivity contribution >= 4 is 35.3 Å². The zero-order valence-corrected chi connectivity index (χ0v) is 23.6. The summed E-state index contributed by atoms with van der Waals surface area (Å²) >= 11 is 0. The van der Waals surface area contributed by atoms with Crippen molar-refractivity contribution < 1.29 is 29.0 Å². The van der Waals surface area contributed by atoms with Crippen LogP contribution in [0, 0.1) is 6.92 Å². The van der Waals surface area contributed by atoms with Gasteiger partial charge in [0.2, 0.25) is 5.91 Å². The molecule has 40 heavy (non-hydrogen) atoms. The van der Waals surface area contributed by atoms with Crippen molar-refractivity contribution in [2.75, 3.05) is 51.0 Å². The predicted octanol–water partition coefficient (Wildman–Crippen LogP) is 4.03. The number of methoxy groups -OCH3 is 1. The Morgan fingerprint density at radius 2 is 1.68 bits per heavy atom. The highest BCUT2D eigenvalue weighted by Crippen LogP contribution is 2.27. The average Bonchev–Trinajstić information content (AvgIpc) is 3.19. The van der Waals surface area contributed by atoms with E-state index in [1.165, 1.54) is 12.0 Å². The van der Waals surface area contributed by atoms with Crippen LogP contribution in [0.2, 0.25) is 0 Å². The van der Waals surface area contributed by atoms with Gasteiger partial charge in [0.15, 0.2) is 0 Å². The lowest BCUT2D eigenvalue weighted by Crippen LogP contribution is -2.47. The van der Waals surface area contributed by atoms with E-state index >= 15 is 0 Å². The molecule has 3 rings (SSSR count). The van der Waals surface area contributed by atoms with Crippen LogP contribution in [0.1, 0.15) is 37.3 Å². The number of para-hydroxylation sites is 1. The summed E-state index contributed by atoms with van der Waals surface area (Å²) in [5.41, 5.74) is 3.08. The Kier molecular flexibility index (Phi) is 10.7. The predicted molar refractivity (Wildman–Crippen MR) is 153 cm³/mol. The Bertz CT molecular complexity index is 1220. The molecule has 1 aliphatic rings. The van der Waals surface area contributed by atoms with Crippen LogP contribution in [0.25, 0.3) is 0 Å². The number of carbonyl (C=O) groups is 4. The summed E-state index contributed by atoms with van der Waals surface area (Å²) in [6.45, 7) is 5.51. The number of benzene rings is 2. The van der Waals surface area contributed by atoms with Crippen molar-refractivity contribution in [3.63, 3.8) is 0 Å². The van der Waals surface area contributed by atoms with Gasteiger partial charge in [0, 0.05) is 51.4 Å². The fraction of sp³-hybridized carbons (Fsp3) is 0.448. The molecular formula is C29H39N5O6. The molecule has 1 saturated heterocycles. The quantitative estimate of drug-likeness (QED) is 0.430. The summed E-state index contributed by atoms with van der Waals surface area (Å²) in [6, 6.07) is 11.9. The maximum Gasteiger partial charge on any atom is 0.323 e. The fourth-order valence-corrected chi connectivity index (χ4v) is 4.55. The standard InChI is InChI=1S/C29H39N5O6/c1-20-8-5-6-9-23(20)30-28(38)31-24-12-10-22(19-25(24)40-4)11-13-26(35)33-14-7-15-34(17-16-33)29(39)32(3)21(2)18-27(36)37/h5-6,8-10,12,19,21H,7,11,13-18H2,1-4H3,(H,36,37)(H2,30,31,38). The number of carboxylic acid groups (broad SMARTS) is 1. The van der Waals surface area contributed by atoms with E-state index in [0.717, 1.165) is 16.8 Å². The molecule has 216 valence electrons. The number of aliphatic carboxylic acids is 1. The lowest BCUT2D eigenvalue weighted by Gasteiger charge is -2.30. The second-order valence-corrected chi connectivity index (χ2v) is 9.99. The highest BCUT2D eigenvalue weighted by atomic mass is 16.5. The van der Waals surface area contributed by atoms with Gasteiger partial charge in [-0.05, 0) is 56.0 Å². The molecule has 0 aliphatic carbocycles. The first-order valence-corrected chi connectivity index (χ1v) is 13.4. The van der Waals surface area contributed by atoms with Crippen LogP contribution in [-0.4, -0.2) is 90.1 Å². The molecule has 0 spiro atoms. The van der Waals surface area contributed by atoms with Crippen molar-refractivity contribution in [1.82, 2.24) is 14.7 Å². The van der Waals surface area contributed by atoms with Crippen molar-refractivity contribution in [3.05, 3.63) is 53.6 Å². The number of rotatable bonds is 9. The summed E-state index contributed by atoms with van der Waals surface area (Å²) in [5, 5.41) is 14.7. The number of anilines is 2. The first-order valence-electron chi connectivity index (χ1n) is 13.4. The number of carboxylic acids is 1. The molecule has 0 aromatic heterocycles. The first-order chi connectivity index (χ1) is 19.1. The maximum atomic E-state index is 13.0. The highest BCUT2D eigenvalue weighted by Gasteiger charge is 2.26. The van der Waals surface area contributed by atoms with E-state index in [1.54, 1.807) is 29.8 Å². The molecule has 11 nitrogen and oxygen atoms in total. The molecule has 0 radical (unpaired) electrons. The largest absolute Gasteiger partial charge is 0.495 e. The summed E-state index contributed by atoms with van der Waals surface area (Å²) in [6.07, 6.45) is 1.33. The summed E-state index contributed by atoms with van der Waals surface area (Å²) in [7, 11) is 3.13. The lowest BCUT2D eigenvalue weighted by molar-refractivity contribution is -0.138. The normalized spacial score (nSPS) is 14.1. The molecular weight excluding hydrogens is 514 g/mol. The first kappa shape index (κ1) is 30.3. The molecule has 0 bridgehead atoms. The van der Waals surface area contributed by atoms with E-state index in [9.17, 15) is 19.2 Å². The Labute approximate surface area is 235 Å². The number of amides is 5. The summed E-state index contributed by atoms with van der Waals surface area (Å²) in [5.74, 6) is -0.456. The van der Waals surface area contributed by atoms with E-state index in [-0.39, 0.29) is 24.4 Å². The minimum atomic E-state index is -0.952. The number of hydrogen-bond acceptors (Lipinski definition) is 5.